The van der Waals surface area contributed by atoms with Crippen LogP contribution in [0.1, 0.15) is 25.7 Å². The summed E-state index contributed by atoms with van der Waals surface area (Å²) in [6.45, 7) is -0.0428. The zero-order valence-electron chi connectivity index (χ0n) is 6.88. The Hall–Kier alpha value is -0.0900. The molecule has 3 nitrogen and oxygen atoms in total. The first kappa shape index (κ1) is 10.9. The van der Waals surface area contributed by atoms with E-state index in [1.54, 1.807) is 0 Å². The Morgan fingerprint density at radius 3 is 2.00 bits per heavy atom. The molecule has 0 rings (SSSR count). The van der Waals surface area contributed by atoms with Gasteiger partial charge in [0, 0.05) is 12.0 Å². The molecule has 0 N–H and O–H groups in total. The quantitative estimate of drug-likeness (QED) is 0.572. The van der Waals surface area contributed by atoms with E-state index in [-0.39, 0.29) is 12.4 Å². The van der Waals surface area contributed by atoms with Crippen molar-refractivity contribution in [1.29, 1.82) is 0 Å². The fourth-order valence-electron chi connectivity index (χ4n) is 0.820. The number of hydrogen-bond acceptors (Lipinski definition) is 2. The third kappa shape index (κ3) is 9.91. The van der Waals surface area contributed by atoms with Crippen LogP contribution >= 0.6 is 0 Å². The van der Waals surface area contributed by atoms with Crippen LogP contribution in [-0.2, 0) is 14.9 Å². The largest absolute Gasteiger partial charge is 0.237 e. The van der Waals surface area contributed by atoms with Crippen molar-refractivity contribution in [2.45, 2.75) is 25.7 Å². The van der Waals surface area contributed by atoms with E-state index >= 15 is 0 Å². The average molecular weight is 179 g/mol. The number of hydrogen-bond donors (Lipinski definition) is 0. The maximum atomic E-state index is 10.6. The second kappa shape index (κ2) is 5.55. The van der Waals surface area contributed by atoms with Gasteiger partial charge >= 0.3 is 0 Å². The summed E-state index contributed by atoms with van der Waals surface area (Å²) in [5.41, 5.74) is 0. The second-order valence-corrected chi connectivity index (χ2v) is 5.01. The lowest BCUT2D eigenvalue weighted by Gasteiger charge is -1.97. The van der Waals surface area contributed by atoms with Gasteiger partial charge in [0.05, 0.1) is 6.61 Å². The molecule has 0 aromatic rings. The highest BCUT2D eigenvalue weighted by Gasteiger charge is 2.00. The summed E-state index contributed by atoms with van der Waals surface area (Å²) in [6, 6.07) is 0. The van der Waals surface area contributed by atoms with Crippen LogP contribution in [0, 0.1) is 0 Å². The van der Waals surface area contributed by atoms with Gasteiger partial charge in [0.2, 0.25) is 0 Å². The molecule has 67 valence electrons. The van der Waals surface area contributed by atoms with Crippen LogP contribution in [0.5, 0.6) is 0 Å². The molecule has 0 fully saturated rings. The molecule has 0 atom stereocenters. The first-order valence-corrected chi connectivity index (χ1v) is 5.88. The normalized spacial score (nSPS) is 11.8. The third-order valence-corrected chi connectivity index (χ3v) is 2.44. The summed E-state index contributed by atoms with van der Waals surface area (Å²) in [7, 11) is -2.79. The van der Waals surface area contributed by atoms with Gasteiger partial charge in [0.25, 0.3) is 0 Å². The Bertz CT molecular complexity index is 172. The molecule has 0 aliphatic carbocycles. The molecule has 1 radical (unpaired) electrons. The number of unbranched alkanes of at least 4 members (excludes halogenated alkanes) is 3. The van der Waals surface area contributed by atoms with Gasteiger partial charge in [0.1, 0.15) is 9.84 Å². The molecule has 0 saturated carbocycles. The summed E-state index contributed by atoms with van der Waals surface area (Å²) in [5, 5.41) is 9.97. The van der Waals surface area contributed by atoms with Gasteiger partial charge in [-0.1, -0.05) is 12.8 Å². The van der Waals surface area contributed by atoms with Crippen molar-refractivity contribution < 1.29 is 13.5 Å². The van der Waals surface area contributed by atoms with Gasteiger partial charge in [0.15, 0.2) is 0 Å². The lowest BCUT2D eigenvalue weighted by atomic mass is 10.2. The maximum Gasteiger partial charge on any atom is 0.147 e. The highest BCUT2D eigenvalue weighted by atomic mass is 32.2. The molecule has 0 amide bonds. The van der Waals surface area contributed by atoms with Gasteiger partial charge in [-0.05, 0) is 12.8 Å². The number of sulfone groups is 1. The van der Waals surface area contributed by atoms with Gasteiger partial charge in [-0.3, -0.25) is 0 Å². The van der Waals surface area contributed by atoms with Crippen molar-refractivity contribution in [3.05, 3.63) is 0 Å². The molecule has 0 aromatic heterocycles. The van der Waals surface area contributed by atoms with E-state index in [9.17, 15) is 13.5 Å². The van der Waals surface area contributed by atoms with Crippen molar-refractivity contribution in [2.24, 2.45) is 0 Å². The van der Waals surface area contributed by atoms with E-state index in [0.29, 0.717) is 12.8 Å². The molecule has 4 heteroatoms. The third-order valence-electron chi connectivity index (χ3n) is 1.41. The van der Waals surface area contributed by atoms with Crippen LogP contribution in [0.2, 0.25) is 0 Å². The van der Waals surface area contributed by atoms with Crippen LogP contribution < -0.4 is 0 Å². The molecule has 0 unspecified atom stereocenters. The minimum absolute atomic E-state index is 0.0428. The van der Waals surface area contributed by atoms with Crippen molar-refractivity contribution in [3.63, 3.8) is 0 Å². The molecule has 11 heavy (non-hydrogen) atoms. The zero-order chi connectivity index (χ0) is 8.74. The highest BCUT2D eigenvalue weighted by molar-refractivity contribution is 7.90. The van der Waals surface area contributed by atoms with Crippen molar-refractivity contribution in [3.8, 4) is 0 Å². The predicted molar refractivity (Wildman–Crippen MR) is 43.7 cm³/mol. The molecule has 0 bridgehead atoms. The lowest BCUT2D eigenvalue weighted by molar-refractivity contribution is 0.186. The molecule has 0 aromatic carbocycles. The maximum absolute atomic E-state index is 10.6. The minimum atomic E-state index is -2.79. The van der Waals surface area contributed by atoms with E-state index in [1.165, 1.54) is 6.26 Å². The Balaban J connectivity index is 3.16. The SMILES string of the molecule is CS(=O)(=O)CCCCCC[O]. The topological polar surface area (TPSA) is 54.0 Å². The molecule has 0 spiro atoms. The average Bonchev–Trinajstić information content (AvgIpc) is 1.85. The fraction of sp³-hybridized carbons (Fsp3) is 1.00. The van der Waals surface area contributed by atoms with Crippen molar-refractivity contribution in [1.82, 2.24) is 0 Å². The first-order valence-electron chi connectivity index (χ1n) is 3.82. The molecular formula is C7H15O3S. The van der Waals surface area contributed by atoms with E-state index in [4.69, 9.17) is 0 Å². The monoisotopic (exact) mass is 179 g/mol. The van der Waals surface area contributed by atoms with Crippen LogP contribution in [0.25, 0.3) is 0 Å². The van der Waals surface area contributed by atoms with Crippen LogP contribution in [0.3, 0.4) is 0 Å². The lowest BCUT2D eigenvalue weighted by Crippen LogP contribution is -2.02. The standard InChI is InChI=1S/C7H15O3S/c1-11(9,10)7-5-3-2-4-6-8/h2-7H2,1H3. The summed E-state index contributed by atoms with van der Waals surface area (Å²) in [6.07, 6.45) is 4.32. The van der Waals surface area contributed by atoms with Gasteiger partial charge in [-0.25, -0.2) is 13.5 Å². The summed E-state index contributed by atoms with van der Waals surface area (Å²) >= 11 is 0. The summed E-state index contributed by atoms with van der Waals surface area (Å²) in [4.78, 5) is 0. The highest BCUT2D eigenvalue weighted by Crippen LogP contribution is 2.00. The van der Waals surface area contributed by atoms with Gasteiger partial charge in [-0.15, -0.1) is 0 Å². The second-order valence-electron chi connectivity index (χ2n) is 2.75. The van der Waals surface area contributed by atoms with Crippen LogP contribution in [0.15, 0.2) is 0 Å². The Labute approximate surface area is 68.3 Å². The van der Waals surface area contributed by atoms with Gasteiger partial charge < -0.3 is 0 Å². The minimum Gasteiger partial charge on any atom is -0.237 e. The zero-order valence-corrected chi connectivity index (χ0v) is 7.69. The van der Waals surface area contributed by atoms with E-state index in [1.807, 2.05) is 0 Å². The van der Waals surface area contributed by atoms with Crippen molar-refractivity contribution >= 4 is 9.84 Å². The summed E-state index contributed by atoms with van der Waals surface area (Å²) < 4.78 is 21.2. The van der Waals surface area contributed by atoms with Crippen LogP contribution in [-0.4, -0.2) is 27.0 Å². The molecular weight excluding hydrogens is 164 g/mol. The van der Waals surface area contributed by atoms with Crippen molar-refractivity contribution in [2.75, 3.05) is 18.6 Å². The fourth-order valence-corrected chi connectivity index (χ4v) is 1.55. The van der Waals surface area contributed by atoms with E-state index < -0.39 is 9.84 Å². The van der Waals surface area contributed by atoms with Crippen LogP contribution in [0.4, 0.5) is 0 Å². The molecule has 0 aliphatic heterocycles. The first-order chi connectivity index (χ1) is 5.06. The van der Waals surface area contributed by atoms with E-state index in [0.717, 1.165) is 12.8 Å². The molecule has 0 saturated heterocycles. The smallest absolute Gasteiger partial charge is 0.147 e. The number of rotatable bonds is 6. The van der Waals surface area contributed by atoms with Gasteiger partial charge in [-0.2, -0.15) is 0 Å². The Kier molecular flexibility index (Phi) is 5.50. The van der Waals surface area contributed by atoms with E-state index in [2.05, 4.69) is 0 Å². The molecule has 0 aliphatic rings. The predicted octanol–water partition coefficient (Wildman–Crippen LogP) is 1.02. The summed E-state index contributed by atoms with van der Waals surface area (Å²) in [5.74, 6) is 0.256. The Morgan fingerprint density at radius 2 is 1.55 bits per heavy atom. The Morgan fingerprint density at radius 1 is 1.00 bits per heavy atom. The molecule has 0 heterocycles.